The van der Waals surface area contributed by atoms with E-state index in [1.807, 2.05) is 0 Å². The smallest absolute Gasteiger partial charge is 0.130 e. The normalized spacial score (nSPS) is 32.0. The molecule has 1 aliphatic carbocycles. The molecule has 72 valence electrons. The van der Waals surface area contributed by atoms with E-state index < -0.39 is 5.60 Å². The molecule has 2 heteroatoms. The average molecular weight is 180 g/mol. The minimum atomic E-state index is -0.938. The van der Waals surface area contributed by atoms with Crippen LogP contribution in [0.3, 0.4) is 0 Å². The molecule has 2 unspecified atom stereocenters. The molecule has 0 radical (unpaired) electrons. The van der Waals surface area contributed by atoms with Gasteiger partial charge in [0.15, 0.2) is 0 Å². The highest BCUT2D eigenvalue weighted by atomic mass is 16.3. The lowest BCUT2D eigenvalue weighted by molar-refractivity contribution is -0.115. The Hall–Kier alpha value is -0.890. The highest BCUT2D eigenvalue weighted by Crippen LogP contribution is 2.28. The minimum Gasteiger partial charge on any atom is -0.385 e. The van der Waals surface area contributed by atoms with Crippen LogP contribution in [-0.4, -0.2) is 17.0 Å². The van der Waals surface area contributed by atoms with Gasteiger partial charge in [-0.2, -0.15) is 0 Å². The van der Waals surface area contributed by atoms with E-state index in [0.717, 1.165) is 19.1 Å². The Kier molecular flexibility index (Phi) is 3.43. The van der Waals surface area contributed by atoms with Crippen molar-refractivity contribution in [1.82, 2.24) is 0 Å². The predicted octanol–water partition coefficient (Wildman–Crippen LogP) is 1.85. The maximum atomic E-state index is 10.7. The fourth-order valence-electron chi connectivity index (χ4n) is 1.56. The van der Waals surface area contributed by atoms with Crippen molar-refractivity contribution in [2.24, 2.45) is 5.92 Å². The molecule has 0 amide bonds. The van der Waals surface area contributed by atoms with Crippen molar-refractivity contribution in [3.05, 3.63) is 24.3 Å². The van der Waals surface area contributed by atoms with Gasteiger partial charge in [0.2, 0.25) is 0 Å². The summed E-state index contributed by atoms with van der Waals surface area (Å²) in [7, 11) is 0. The first-order chi connectivity index (χ1) is 6.23. The zero-order chi connectivity index (χ0) is 9.73. The maximum absolute atomic E-state index is 10.7. The van der Waals surface area contributed by atoms with Crippen LogP contribution in [0.2, 0.25) is 0 Å². The maximum Gasteiger partial charge on any atom is 0.130 e. The molecule has 0 aromatic rings. The quantitative estimate of drug-likeness (QED) is 0.670. The molecule has 0 aliphatic heterocycles. The minimum absolute atomic E-state index is 0.371. The Balaban J connectivity index is 2.68. The van der Waals surface area contributed by atoms with Gasteiger partial charge in [0, 0.05) is 0 Å². The number of rotatable bonds is 4. The molecule has 1 rings (SSSR count). The van der Waals surface area contributed by atoms with Crippen LogP contribution in [0.4, 0.5) is 0 Å². The second-order valence-corrected chi connectivity index (χ2v) is 3.50. The highest BCUT2D eigenvalue weighted by molar-refractivity contribution is 5.61. The number of aldehydes is 1. The number of carbonyl (C=O) groups is 1. The largest absolute Gasteiger partial charge is 0.385 e. The lowest BCUT2D eigenvalue weighted by Gasteiger charge is -2.30. The van der Waals surface area contributed by atoms with Crippen LogP contribution in [0.25, 0.3) is 0 Å². The van der Waals surface area contributed by atoms with E-state index in [0.29, 0.717) is 6.42 Å². The van der Waals surface area contributed by atoms with Crippen molar-refractivity contribution in [3.63, 3.8) is 0 Å². The molecule has 0 saturated carbocycles. The molecule has 1 N–H and O–H groups in total. The predicted molar refractivity (Wildman–Crippen MR) is 52.3 cm³/mol. The summed E-state index contributed by atoms with van der Waals surface area (Å²) < 4.78 is 0. The molecule has 0 heterocycles. The van der Waals surface area contributed by atoms with Gasteiger partial charge in [-0.05, 0) is 6.42 Å². The summed E-state index contributed by atoms with van der Waals surface area (Å²) in [5.41, 5.74) is -0.938. The first-order valence-corrected chi connectivity index (χ1v) is 4.76. The summed E-state index contributed by atoms with van der Waals surface area (Å²) in [6, 6.07) is 0. The number of carbonyl (C=O) groups excluding carboxylic acids is 1. The highest BCUT2D eigenvalue weighted by Gasteiger charge is 2.32. The molecule has 0 bridgehead atoms. The van der Waals surface area contributed by atoms with Crippen LogP contribution in [0, 0.1) is 5.92 Å². The van der Waals surface area contributed by atoms with Crippen LogP contribution in [-0.2, 0) is 4.79 Å². The third-order valence-corrected chi connectivity index (χ3v) is 2.47. The van der Waals surface area contributed by atoms with Gasteiger partial charge < -0.3 is 9.90 Å². The van der Waals surface area contributed by atoms with E-state index in [4.69, 9.17) is 0 Å². The lowest BCUT2D eigenvalue weighted by atomic mass is 9.81. The molecule has 13 heavy (non-hydrogen) atoms. The van der Waals surface area contributed by atoms with Crippen molar-refractivity contribution >= 4 is 6.29 Å². The summed E-state index contributed by atoms with van der Waals surface area (Å²) in [6.45, 7) is 2.07. The van der Waals surface area contributed by atoms with Crippen LogP contribution in [0.5, 0.6) is 0 Å². The first-order valence-electron chi connectivity index (χ1n) is 4.76. The van der Waals surface area contributed by atoms with Crippen molar-refractivity contribution in [1.29, 1.82) is 0 Å². The fraction of sp³-hybridized carbons (Fsp3) is 0.545. The number of hydrogen-bond acceptors (Lipinski definition) is 2. The topological polar surface area (TPSA) is 37.3 Å². The summed E-state index contributed by atoms with van der Waals surface area (Å²) in [6.07, 6.45) is 10.5. The Labute approximate surface area is 79.0 Å². The van der Waals surface area contributed by atoms with Gasteiger partial charge in [0.25, 0.3) is 0 Å². The lowest BCUT2D eigenvalue weighted by Crippen LogP contribution is -2.36. The SMILES string of the molecule is CCCCC1(O)C=CC=CC1C=O. The van der Waals surface area contributed by atoms with Gasteiger partial charge in [-0.25, -0.2) is 0 Å². The van der Waals surface area contributed by atoms with Crippen molar-refractivity contribution < 1.29 is 9.90 Å². The van der Waals surface area contributed by atoms with Gasteiger partial charge in [-0.15, -0.1) is 0 Å². The second kappa shape index (κ2) is 4.38. The van der Waals surface area contributed by atoms with Gasteiger partial charge in [0.1, 0.15) is 6.29 Å². The van der Waals surface area contributed by atoms with Gasteiger partial charge in [-0.3, -0.25) is 0 Å². The molecule has 0 aromatic carbocycles. The van der Waals surface area contributed by atoms with E-state index in [1.54, 1.807) is 24.3 Å². The monoisotopic (exact) mass is 180 g/mol. The molecule has 0 aromatic heterocycles. The third kappa shape index (κ3) is 2.28. The van der Waals surface area contributed by atoms with E-state index in [-0.39, 0.29) is 5.92 Å². The van der Waals surface area contributed by atoms with Gasteiger partial charge >= 0.3 is 0 Å². The first kappa shape index (κ1) is 10.2. The molecule has 2 atom stereocenters. The molecule has 0 fully saturated rings. The van der Waals surface area contributed by atoms with Gasteiger partial charge in [-0.1, -0.05) is 44.1 Å². The molecule has 2 nitrogen and oxygen atoms in total. The Morgan fingerprint density at radius 3 is 2.92 bits per heavy atom. The van der Waals surface area contributed by atoms with Crippen LogP contribution < -0.4 is 0 Å². The Morgan fingerprint density at radius 1 is 1.54 bits per heavy atom. The van der Waals surface area contributed by atoms with Crippen LogP contribution >= 0.6 is 0 Å². The Morgan fingerprint density at radius 2 is 2.31 bits per heavy atom. The van der Waals surface area contributed by atoms with E-state index in [2.05, 4.69) is 6.92 Å². The molecular formula is C11H16O2. The number of hydrogen-bond donors (Lipinski definition) is 1. The van der Waals surface area contributed by atoms with E-state index in [1.165, 1.54) is 0 Å². The van der Waals surface area contributed by atoms with Gasteiger partial charge in [0.05, 0.1) is 11.5 Å². The zero-order valence-corrected chi connectivity index (χ0v) is 7.94. The van der Waals surface area contributed by atoms with E-state index >= 15 is 0 Å². The van der Waals surface area contributed by atoms with Crippen molar-refractivity contribution in [2.45, 2.75) is 31.8 Å². The van der Waals surface area contributed by atoms with Crippen molar-refractivity contribution in [2.75, 3.05) is 0 Å². The summed E-state index contributed by atoms with van der Waals surface area (Å²) >= 11 is 0. The van der Waals surface area contributed by atoms with Crippen LogP contribution in [0.1, 0.15) is 26.2 Å². The zero-order valence-electron chi connectivity index (χ0n) is 7.94. The average Bonchev–Trinajstić information content (AvgIpc) is 2.16. The molecular weight excluding hydrogens is 164 g/mol. The van der Waals surface area contributed by atoms with E-state index in [9.17, 15) is 9.90 Å². The Bertz CT molecular complexity index is 230. The summed E-state index contributed by atoms with van der Waals surface area (Å²) in [5.74, 6) is -0.371. The summed E-state index contributed by atoms with van der Waals surface area (Å²) in [5, 5.41) is 10.1. The van der Waals surface area contributed by atoms with Crippen molar-refractivity contribution in [3.8, 4) is 0 Å². The van der Waals surface area contributed by atoms with Crippen LogP contribution in [0.15, 0.2) is 24.3 Å². The standard InChI is InChI=1S/C11H16O2/c1-2-3-7-11(13)8-5-4-6-10(11)9-12/h4-6,8-10,13H,2-3,7H2,1H3. The second-order valence-electron chi connectivity index (χ2n) is 3.50. The number of unbranched alkanes of at least 4 members (excludes halogenated alkanes) is 1. The number of aliphatic hydroxyl groups is 1. The summed E-state index contributed by atoms with van der Waals surface area (Å²) in [4.78, 5) is 10.7. The molecule has 0 saturated heterocycles. The number of allylic oxidation sites excluding steroid dienone is 2. The molecule has 0 spiro atoms. The molecule has 1 aliphatic rings. The third-order valence-electron chi connectivity index (χ3n) is 2.47. The fourth-order valence-corrected chi connectivity index (χ4v) is 1.56.